The first-order chi connectivity index (χ1) is 4.27. The Kier molecular flexibility index (Phi) is 5.48. The molecule has 9 heavy (non-hydrogen) atoms. The molecule has 0 bridgehead atoms. The van der Waals surface area contributed by atoms with Gasteiger partial charge in [0.15, 0.2) is 0 Å². The second kappa shape index (κ2) is 5.73. The van der Waals surface area contributed by atoms with Crippen LogP contribution in [0.15, 0.2) is 12.2 Å². The molecule has 0 amide bonds. The van der Waals surface area contributed by atoms with E-state index < -0.39 is 6.43 Å². The monoisotopic (exact) mass is 134 g/mol. The highest BCUT2D eigenvalue weighted by Gasteiger charge is 1.90. The highest BCUT2D eigenvalue weighted by molar-refractivity contribution is 4.83. The van der Waals surface area contributed by atoms with Gasteiger partial charge in [-0.15, -0.1) is 0 Å². The van der Waals surface area contributed by atoms with Crippen molar-refractivity contribution in [3.05, 3.63) is 12.2 Å². The Morgan fingerprint density at radius 3 is 2.56 bits per heavy atom. The number of hydrogen-bond acceptors (Lipinski definition) is 0. The molecule has 0 aliphatic heterocycles. The molecule has 0 fully saturated rings. The summed E-state index contributed by atoms with van der Waals surface area (Å²) in [5.41, 5.74) is 0. The fourth-order valence-electron chi connectivity index (χ4n) is 0.521. The average molecular weight is 134 g/mol. The van der Waals surface area contributed by atoms with E-state index >= 15 is 0 Å². The number of rotatable bonds is 4. The summed E-state index contributed by atoms with van der Waals surface area (Å²) in [7, 11) is 0. The molecular weight excluding hydrogens is 122 g/mol. The van der Waals surface area contributed by atoms with E-state index in [1.807, 2.05) is 6.92 Å². The molecule has 0 N–H and O–H groups in total. The summed E-state index contributed by atoms with van der Waals surface area (Å²) in [6, 6.07) is 0. The third-order valence-corrected chi connectivity index (χ3v) is 1.01. The second-order valence-electron chi connectivity index (χ2n) is 1.90. The van der Waals surface area contributed by atoms with E-state index in [9.17, 15) is 8.78 Å². The highest BCUT2D eigenvalue weighted by Crippen LogP contribution is 1.98. The number of unbranched alkanes of at least 4 members (excludes halogenated alkanes) is 2. The van der Waals surface area contributed by atoms with Crippen LogP contribution in [-0.2, 0) is 0 Å². The van der Waals surface area contributed by atoms with E-state index in [2.05, 4.69) is 0 Å². The zero-order valence-electron chi connectivity index (χ0n) is 5.61. The van der Waals surface area contributed by atoms with Crippen LogP contribution in [0.25, 0.3) is 0 Å². The molecule has 0 aromatic heterocycles. The summed E-state index contributed by atoms with van der Waals surface area (Å²) in [4.78, 5) is 0. The van der Waals surface area contributed by atoms with Crippen molar-refractivity contribution in [1.82, 2.24) is 0 Å². The number of alkyl halides is 2. The summed E-state index contributed by atoms with van der Waals surface area (Å²) in [6.45, 7) is 2.04. The summed E-state index contributed by atoms with van der Waals surface area (Å²) < 4.78 is 22.8. The summed E-state index contributed by atoms with van der Waals surface area (Å²) in [5.74, 6) is 0. The van der Waals surface area contributed by atoms with E-state index in [0.717, 1.165) is 25.3 Å². The zero-order chi connectivity index (χ0) is 7.11. The maximum Gasteiger partial charge on any atom is 0.257 e. The Bertz CT molecular complexity index is 77.0. The first-order valence-electron chi connectivity index (χ1n) is 3.22. The maximum atomic E-state index is 11.4. The summed E-state index contributed by atoms with van der Waals surface area (Å²) in [5, 5.41) is 0. The molecule has 0 aliphatic rings. The van der Waals surface area contributed by atoms with Crippen LogP contribution >= 0.6 is 0 Å². The average Bonchev–Trinajstić information content (AvgIpc) is 1.80. The Balaban J connectivity index is 3.04. The molecule has 0 heterocycles. The molecule has 2 heteroatoms. The Morgan fingerprint density at radius 1 is 1.44 bits per heavy atom. The molecule has 0 atom stereocenters. The number of hydrogen-bond donors (Lipinski definition) is 0. The molecule has 0 aromatic rings. The van der Waals surface area contributed by atoms with Crippen LogP contribution in [-0.4, -0.2) is 6.43 Å². The Labute approximate surface area is 54.6 Å². The smallest absolute Gasteiger partial charge is 0.206 e. The molecule has 0 nitrogen and oxygen atoms in total. The standard InChI is InChI=1S/C7H12F2/c1-2-3-4-5-6-7(8)9/h5-7H,2-4H2,1H3. The first-order valence-corrected chi connectivity index (χ1v) is 3.22. The molecule has 0 spiro atoms. The molecular formula is C7H12F2. The molecule has 0 saturated heterocycles. The second-order valence-corrected chi connectivity index (χ2v) is 1.90. The topological polar surface area (TPSA) is 0 Å². The summed E-state index contributed by atoms with van der Waals surface area (Å²) in [6.07, 6.45) is 3.04. The fourth-order valence-corrected chi connectivity index (χ4v) is 0.521. The van der Waals surface area contributed by atoms with E-state index in [4.69, 9.17) is 0 Å². The number of allylic oxidation sites excluding steroid dienone is 2. The van der Waals surface area contributed by atoms with Crippen LogP contribution in [0.2, 0.25) is 0 Å². The third-order valence-electron chi connectivity index (χ3n) is 1.01. The molecule has 54 valence electrons. The largest absolute Gasteiger partial charge is 0.257 e. The van der Waals surface area contributed by atoms with Crippen molar-refractivity contribution >= 4 is 0 Å². The Morgan fingerprint density at radius 2 is 2.11 bits per heavy atom. The van der Waals surface area contributed by atoms with Crippen molar-refractivity contribution in [2.45, 2.75) is 32.6 Å². The summed E-state index contributed by atoms with van der Waals surface area (Å²) >= 11 is 0. The minimum atomic E-state index is -2.28. The van der Waals surface area contributed by atoms with Crippen LogP contribution in [0.4, 0.5) is 8.78 Å². The van der Waals surface area contributed by atoms with Gasteiger partial charge in [0.2, 0.25) is 0 Å². The van der Waals surface area contributed by atoms with Gasteiger partial charge in [-0.1, -0.05) is 25.8 Å². The van der Waals surface area contributed by atoms with Gasteiger partial charge in [-0.2, -0.15) is 0 Å². The minimum absolute atomic E-state index is 0.779. The lowest BCUT2D eigenvalue weighted by Gasteiger charge is -1.87. The lowest BCUT2D eigenvalue weighted by atomic mass is 10.2. The van der Waals surface area contributed by atoms with Crippen molar-refractivity contribution in [2.75, 3.05) is 0 Å². The first kappa shape index (κ1) is 8.60. The number of halogens is 2. The normalized spacial score (nSPS) is 11.6. The SMILES string of the molecule is CCCCC=CC(F)F. The third kappa shape index (κ3) is 7.60. The van der Waals surface area contributed by atoms with E-state index in [1.165, 1.54) is 6.08 Å². The van der Waals surface area contributed by atoms with Crippen LogP contribution in [0.5, 0.6) is 0 Å². The van der Waals surface area contributed by atoms with Crippen molar-refractivity contribution < 1.29 is 8.78 Å². The predicted molar refractivity (Wildman–Crippen MR) is 34.7 cm³/mol. The van der Waals surface area contributed by atoms with E-state index in [-0.39, 0.29) is 0 Å². The molecule has 0 unspecified atom stereocenters. The van der Waals surface area contributed by atoms with Gasteiger partial charge >= 0.3 is 0 Å². The highest BCUT2D eigenvalue weighted by atomic mass is 19.3. The van der Waals surface area contributed by atoms with Gasteiger partial charge in [0.25, 0.3) is 6.43 Å². The van der Waals surface area contributed by atoms with Crippen molar-refractivity contribution in [1.29, 1.82) is 0 Å². The van der Waals surface area contributed by atoms with Gasteiger partial charge in [0.05, 0.1) is 0 Å². The van der Waals surface area contributed by atoms with Gasteiger partial charge in [0, 0.05) is 0 Å². The van der Waals surface area contributed by atoms with E-state index in [1.54, 1.807) is 0 Å². The van der Waals surface area contributed by atoms with Crippen molar-refractivity contribution in [2.24, 2.45) is 0 Å². The van der Waals surface area contributed by atoms with E-state index in [0.29, 0.717) is 0 Å². The van der Waals surface area contributed by atoms with Crippen LogP contribution in [0, 0.1) is 0 Å². The molecule has 0 rings (SSSR count). The molecule has 0 aliphatic carbocycles. The lowest BCUT2D eigenvalue weighted by molar-refractivity contribution is 0.204. The van der Waals surface area contributed by atoms with Gasteiger partial charge in [-0.05, 0) is 12.5 Å². The van der Waals surface area contributed by atoms with Crippen LogP contribution in [0.1, 0.15) is 26.2 Å². The molecule has 0 saturated carbocycles. The van der Waals surface area contributed by atoms with Crippen molar-refractivity contribution in [3.8, 4) is 0 Å². The van der Waals surface area contributed by atoms with Gasteiger partial charge in [0.1, 0.15) is 0 Å². The molecule has 0 aromatic carbocycles. The van der Waals surface area contributed by atoms with Crippen LogP contribution < -0.4 is 0 Å². The predicted octanol–water partition coefficient (Wildman–Crippen LogP) is 3.00. The molecule has 0 radical (unpaired) electrons. The van der Waals surface area contributed by atoms with Gasteiger partial charge < -0.3 is 0 Å². The fraction of sp³-hybridized carbons (Fsp3) is 0.714. The van der Waals surface area contributed by atoms with Crippen LogP contribution in [0.3, 0.4) is 0 Å². The minimum Gasteiger partial charge on any atom is -0.206 e. The quantitative estimate of drug-likeness (QED) is 0.409. The van der Waals surface area contributed by atoms with Gasteiger partial charge in [-0.3, -0.25) is 0 Å². The lowest BCUT2D eigenvalue weighted by Crippen LogP contribution is -1.79. The van der Waals surface area contributed by atoms with Crippen molar-refractivity contribution in [3.63, 3.8) is 0 Å². The van der Waals surface area contributed by atoms with Gasteiger partial charge in [-0.25, -0.2) is 8.78 Å². The zero-order valence-corrected chi connectivity index (χ0v) is 5.61. The maximum absolute atomic E-state index is 11.4. The Hall–Kier alpha value is -0.400.